The molecule has 3 aromatic rings. The molecule has 1 amide bonds. The van der Waals surface area contributed by atoms with Gasteiger partial charge in [-0.15, -0.1) is 0 Å². The Morgan fingerprint density at radius 3 is 2.62 bits per heavy atom. The summed E-state index contributed by atoms with van der Waals surface area (Å²) < 4.78 is 1.52. The van der Waals surface area contributed by atoms with E-state index in [1.807, 2.05) is 62.4 Å². The third-order valence-electron chi connectivity index (χ3n) is 3.97. The Balaban J connectivity index is 1.69. The van der Waals surface area contributed by atoms with E-state index in [0.29, 0.717) is 5.03 Å². The van der Waals surface area contributed by atoms with Gasteiger partial charge in [0.05, 0.1) is 5.75 Å². The Morgan fingerprint density at radius 1 is 1.12 bits per heavy atom. The molecule has 132 valence electrons. The number of carbonyl (C=O) groups is 1. The van der Waals surface area contributed by atoms with Crippen LogP contribution in [0.3, 0.4) is 0 Å². The number of carbonyl (C=O) groups excluding carboxylic acids is 1. The SMILES string of the molecule is Cc1ccc(NC(=O)CSc2nccn(-c3ccccc3)c2=O)cc1C. The van der Waals surface area contributed by atoms with Crippen LogP contribution in [-0.4, -0.2) is 21.2 Å². The second kappa shape index (κ2) is 8.01. The first-order chi connectivity index (χ1) is 12.5. The summed E-state index contributed by atoms with van der Waals surface area (Å²) in [5.41, 5.74) is 3.57. The Kier molecular flexibility index (Phi) is 5.53. The van der Waals surface area contributed by atoms with Crippen molar-refractivity contribution in [1.82, 2.24) is 9.55 Å². The van der Waals surface area contributed by atoms with Crippen molar-refractivity contribution < 1.29 is 4.79 Å². The third kappa shape index (κ3) is 4.21. The third-order valence-corrected chi connectivity index (χ3v) is 4.93. The van der Waals surface area contributed by atoms with Crippen LogP contribution in [0.15, 0.2) is 70.7 Å². The summed E-state index contributed by atoms with van der Waals surface area (Å²) >= 11 is 1.13. The molecule has 0 radical (unpaired) electrons. The zero-order valence-electron chi connectivity index (χ0n) is 14.6. The number of anilines is 1. The fourth-order valence-electron chi connectivity index (χ4n) is 2.43. The van der Waals surface area contributed by atoms with E-state index in [1.54, 1.807) is 12.4 Å². The number of aryl methyl sites for hydroxylation is 2. The molecule has 0 bridgehead atoms. The number of benzene rings is 2. The highest BCUT2D eigenvalue weighted by atomic mass is 32.2. The fraction of sp³-hybridized carbons (Fsp3) is 0.150. The summed E-state index contributed by atoms with van der Waals surface area (Å²) in [6, 6.07) is 15.1. The van der Waals surface area contributed by atoms with Crippen LogP contribution in [0.5, 0.6) is 0 Å². The number of nitrogens with zero attached hydrogens (tertiary/aromatic N) is 2. The number of nitrogens with one attached hydrogen (secondary N) is 1. The second-order valence-electron chi connectivity index (χ2n) is 5.88. The first-order valence-corrected chi connectivity index (χ1v) is 9.16. The van der Waals surface area contributed by atoms with Crippen molar-refractivity contribution in [2.24, 2.45) is 0 Å². The molecule has 1 N–H and O–H groups in total. The van der Waals surface area contributed by atoms with Crippen molar-refractivity contribution in [1.29, 1.82) is 0 Å². The summed E-state index contributed by atoms with van der Waals surface area (Å²) in [6.07, 6.45) is 3.19. The van der Waals surface area contributed by atoms with Crippen LogP contribution in [0.2, 0.25) is 0 Å². The van der Waals surface area contributed by atoms with Gasteiger partial charge >= 0.3 is 0 Å². The van der Waals surface area contributed by atoms with Gasteiger partial charge in [-0.3, -0.25) is 14.2 Å². The van der Waals surface area contributed by atoms with Crippen LogP contribution in [0.25, 0.3) is 5.69 Å². The van der Waals surface area contributed by atoms with Gasteiger partial charge in [-0.25, -0.2) is 4.98 Å². The molecule has 5 nitrogen and oxygen atoms in total. The van der Waals surface area contributed by atoms with E-state index in [2.05, 4.69) is 10.3 Å². The van der Waals surface area contributed by atoms with Gasteiger partial charge in [0.2, 0.25) is 5.91 Å². The average Bonchev–Trinajstić information content (AvgIpc) is 2.65. The van der Waals surface area contributed by atoms with E-state index in [0.717, 1.165) is 28.7 Å². The maximum absolute atomic E-state index is 12.6. The first-order valence-electron chi connectivity index (χ1n) is 8.17. The molecule has 0 aliphatic heterocycles. The Hall–Kier alpha value is -2.86. The van der Waals surface area contributed by atoms with E-state index in [1.165, 1.54) is 10.1 Å². The zero-order chi connectivity index (χ0) is 18.5. The second-order valence-corrected chi connectivity index (χ2v) is 6.84. The predicted octanol–water partition coefficient (Wildman–Crippen LogP) is 3.58. The molecule has 1 heterocycles. The minimum absolute atomic E-state index is 0.119. The van der Waals surface area contributed by atoms with Gasteiger partial charge < -0.3 is 5.32 Å². The maximum atomic E-state index is 12.6. The topological polar surface area (TPSA) is 64.0 Å². The molecule has 0 atom stereocenters. The Labute approximate surface area is 156 Å². The highest BCUT2D eigenvalue weighted by Gasteiger charge is 2.10. The molecule has 0 aliphatic carbocycles. The smallest absolute Gasteiger partial charge is 0.287 e. The van der Waals surface area contributed by atoms with Crippen molar-refractivity contribution >= 4 is 23.4 Å². The van der Waals surface area contributed by atoms with Gasteiger partial charge in [0.1, 0.15) is 0 Å². The first kappa shape index (κ1) is 17.9. The number of amides is 1. The van der Waals surface area contributed by atoms with Gasteiger partial charge in [-0.1, -0.05) is 36.0 Å². The maximum Gasteiger partial charge on any atom is 0.287 e. The molecule has 2 aromatic carbocycles. The van der Waals surface area contributed by atoms with Crippen molar-refractivity contribution in [3.8, 4) is 5.69 Å². The lowest BCUT2D eigenvalue weighted by Gasteiger charge is -2.08. The van der Waals surface area contributed by atoms with Gasteiger partial charge in [0.25, 0.3) is 5.56 Å². The monoisotopic (exact) mass is 365 g/mol. The largest absolute Gasteiger partial charge is 0.325 e. The molecule has 0 aliphatic rings. The van der Waals surface area contributed by atoms with Crippen LogP contribution in [0.1, 0.15) is 11.1 Å². The van der Waals surface area contributed by atoms with Crippen LogP contribution >= 0.6 is 11.8 Å². The van der Waals surface area contributed by atoms with Gasteiger partial charge in [-0.05, 0) is 49.2 Å². The molecule has 0 unspecified atom stereocenters. The molecule has 0 spiro atoms. The number of aromatic nitrogens is 2. The van der Waals surface area contributed by atoms with E-state index in [4.69, 9.17) is 0 Å². The van der Waals surface area contributed by atoms with E-state index >= 15 is 0 Å². The average molecular weight is 365 g/mol. The molecule has 0 fully saturated rings. The van der Waals surface area contributed by atoms with Crippen molar-refractivity contribution in [2.75, 3.05) is 11.1 Å². The number of hydrogen-bond acceptors (Lipinski definition) is 4. The molecule has 1 aromatic heterocycles. The van der Waals surface area contributed by atoms with Crippen LogP contribution in [-0.2, 0) is 4.79 Å². The number of thioether (sulfide) groups is 1. The summed E-state index contributed by atoms with van der Waals surface area (Å²) in [5.74, 6) is -0.0527. The van der Waals surface area contributed by atoms with Crippen molar-refractivity contribution in [2.45, 2.75) is 18.9 Å². The molecule has 6 heteroatoms. The summed E-state index contributed by atoms with van der Waals surface area (Å²) in [5, 5.41) is 3.15. The lowest BCUT2D eigenvalue weighted by atomic mass is 10.1. The molecular weight excluding hydrogens is 346 g/mol. The minimum atomic E-state index is -0.234. The summed E-state index contributed by atoms with van der Waals surface area (Å²) in [4.78, 5) is 28.9. The highest BCUT2D eigenvalue weighted by Crippen LogP contribution is 2.16. The molecule has 26 heavy (non-hydrogen) atoms. The number of hydrogen-bond donors (Lipinski definition) is 1. The number of para-hydroxylation sites is 1. The van der Waals surface area contributed by atoms with Crippen molar-refractivity contribution in [3.63, 3.8) is 0 Å². The molecular formula is C20H19N3O2S. The standard InChI is InChI=1S/C20H19N3O2S/c1-14-8-9-16(12-15(14)2)22-18(24)13-26-19-20(25)23(11-10-21-19)17-6-4-3-5-7-17/h3-12H,13H2,1-2H3,(H,22,24). The van der Waals surface area contributed by atoms with Crippen molar-refractivity contribution in [3.05, 3.63) is 82.4 Å². The normalized spacial score (nSPS) is 10.5. The Bertz CT molecular complexity index is 984. The van der Waals surface area contributed by atoms with E-state index < -0.39 is 0 Å². The van der Waals surface area contributed by atoms with Crippen LogP contribution < -0.4 is 10.9 Å². The minimum Gasteiger partial charge on any atom is -0.325 e. The summed E-state index contributed by atoms with van der Waals surface area (Å²) in [7, 11) is 0. The Morgan fingerprint density at radius 2 is 1.88 bits per heavy atom. The van der Waals surface area contributed by atoms with Crippen LogP contribution in [0.4, 0.5) is 5.69 Å². The summed E-state index contributed by atoms with van der Waals surface area (Å²) in [6.45, 7) is 4.02. The molecule has 3 rings (SSSR count). The molecule has 0 saturated carbocycles. The van der Waals surface area contributed by atoms with E-state index in [9.17, 15) is 9.59 Å². The van der Waals surface area contributed by atoms with Gasteiger partial charge in [0, 0.05) is 23.8 Å². The van der Waals surface area contributed by atoms with Gasteiger partial charge in [0.15, 0.2) is 5.03 Å². The zero-order valence-corrected chi connectivity index (χ0v) is 15.4. The van der Waals surface area contributed by atoms with E-state index in [-0.39, 0.29) is 17.2 Å². The fourth-order valence-corrected chi connectivity index (χ4v) is 3.13. The quantitative estimate of drug-likeness (QED) is 0.702. The molecule has 0 saturated heterocycles. The highest BCUT2D eigenvalue weighted by molar-refractivity contribution is 7.99. The lowest BCUT2D eigenvalue weighted by molar-refractivity contribution is -0.113. The van der Waals surface area contributed by atoms with Crippen LogP contribution in [0, 0.1) is 13.8 Å². The number of rotatable bonds is 5. The van der Waals surface area contributed by atoms with Gasteiger partial charge in [-0.2, -0.15) is 0 Å². The lowest BCUT2D eigenvalue weighted by Crippen LogP contribution is -2.22. The predicted molar refractivity (Wildman–Crippen MR) is 105 cm³/mol.